The predicted octanol–water partition coefficient (Wildman–Crippen LogP) is 1.91. The molecule has 4 heterocycles. The normalized spacial score (nSPS) is 18.7. The number of anilines is 1. The van der Waals surface area contributed by atoms with E-state index in [4.69, 9.17) is 0 Å². The number of rotatable bonds is 2. The Kier molecular flexibility index (Phi) is 4.31. The van der Waals surface area contributed by atoms with E-state index in [0.717, 1.165) is 48.7 Å². The molecule has 2 N–H and O–H groups in total. The van der Waals surface area contributed by atoms with Gasteiger partial charge in [-0.15, -0.1) is 0 Å². The molecular weight excluding hydrogens is 342 g/mol. The largest absolute Gasteiger partial charge is 0.358 e. The standard InChI is InChI=1S/C20H23N5O2/c1-12-16(11-15-14-5-4-6-21-18(14)23-19(15)26)22-13(2)17(12)20(27)25-9-7-24(3)8-10-25/h4-6,11,22H,7-10H2,1-3H3,(H,21,23,26)/b15-11-. The quantitative estimate of drug-likeness (QED) is 0.797. The van der Waals surface area contributed by atoms with Crippen LogP contribution in [0, 0.1) is 13.8 Å². The molecule has 7 nitrogen and oxygen atoms in total. The fourth-order valence-electron chi connectivity index (χ4n) is 3.71. The van der Waals surface area contributed by atoms with Gasteiger partial charge >= 0.3 is 0 Å². The van der Waals surface area contributed by atoms with Gasteiger partial charge in [0.05, 0.1) is 11.1 Å². The van der Waals surface area contributed by atoms with E-state index in [2.05, 4.69) is 27.2 Å². The summed E-state index contributed by atoms with van der Waals surface area (Å²) in [6.45, 7) is 7.07. The third kappa shape index (κ3) is 3.04. The zero-order valence-corrected chi connectivity index (χ0v) is 15.8. The molecule has 2 aromatic heterocycles. The molecule has 1 fully saturated rings. The lowest BCUT2D eigenvalue weighted by Gasteiger charge is -2.32. The van der Waals surface area contributed by atoms with Crippen LogP contribution in [0.5, 0.6) is 0 Å². The van der Waals surface area contributed by atoms with Gasteiger partial charge in [0.15, 0.2) is 0 Å². The van der Waals surface area contributed by atoms with Crippen LogP contribution in [0.3, 0.4) is 0 Å². The van der Waals surface area contributed by atoms with Gasteiger partial charge < -0.3 is 20.1 Å². The van der Waals surface area contributed by atoms with Crippen molar-refractivity contribution < 1.29 is 9.59 Å². The molecule has 0 unspecified atom stereocenters. The van der Waals surface area contributed by atoms with Crippen LogP contribution in [0.1, 0.15) is 32.9 Å². The second-order valence-electron chi connectivity index (χ2n) is 7.17. The number of piperazine rings is 1. The highest BCUT2D eigenvalue weighted by molar-refractivity contribution is 6.34. The molecule has 0 saturated carbocycles. The number of nitrogens with zero attached hydrogens (tertiary/aromatic N) is 3. The summed E-state index contributed by atoms with van der Waals surface area (Å²) in [5.74, 6) is 0.447. The molecule has 2 amide bonds. The maximum absolute atomic E-state index is 13.0. The minimum atomic E-state index is -0.178. The molecule has 27 heavy (non-hydrogen) atoms. The molecular formula is C20H23N5O2. The fraction of sp³-hybridized carbons (Fsp3) is 0.350. The number of carbonyl (C=O) groups is 2. The number of aryl methyl sites for hydroxylation is 1. The predicted molar refractivity (Wildman–Crippen MR) is 104 cm³/mol. The van der Waals surface area contributed by atoms with Gasteiger partial charge in [0.1, 0.15) is 5.82 Å². The average molecular weight is 365 g/mol. The number of amides is 2. The fourth-order valence-corrected chi connectivity index (χ4v) is 3.71. The Morgan fingerprint density at radius 3 is 2.70 bits per heavy atom. The Hall–Kier alpha value is -2.93. The number of hydrogen-bond donors (Lipinski definition) is 2. The molecule has 7 heteroatoms. The summed E-state index contributed by atoms with van der Waals surface area (Å²) in [7, 11) is 2.07. The van der Waals surface area contributed by atoms with Gasteiger partial charge in [-0.05, 0) is 44.7 Å². The second-order valence-corrected chi connectivity index (χ2v) is 7.17. The van der Waals surface area contributed by atoms with Crippen LogP contribution in [-0.2, 0) is 4.79 Å². The SMILES string of the molecule is Cc1[nH]c(/C=C2\C(=O)Nc3ncccc32)c(C)c1C(=O)N1CCN(C)CC1. The molecule has 0 radical (unpaired) electrons. The number of carbonyl (C=O) groups excluding carboxylic acids is 2. The summed E-state index contributed by atoms with van der Waals surface area (Å²) in [5.41, 5.74) is 4.52. The molecule has 0 aliphatic carbocycles. The van der Waals surface area contributed by atoms with E-state index in [1.807, 2.05) is 37.0 Å². The number of nitrogens with one attached hydrogen (secondary N) is 2. The number of H-pyrrole nitrogens is 1. The lowest BCUT2D eigenvalue weighted by molar-refractivity contribution is -0.110. The lowest BCUT2D eigenvalue weighted by atomic mass is 10.0. The Bertz CT molecular complexity index is 951. The van der Waals surface area contributed by atoms with Crippen molar-refractivity contribution in [3.05, 3.63) is 46.4 Å². The van der Waals surface area contributed by atoms with Crippen LogP contribution in [0.4, 0.5) is 5.82 Å². The number of likely N-dealkylation sites (N-methyl/N-ethyl adjacent to an activating group) is 1. The van der Waals surface area contributed by atoms with E-state index in [-0.39, 0.29) is 11.8 Å². The Morgan fingerprint density at radius 2 is 1.96 bits per heavy atom. The van der Waals surface area contributed by atoms with Crippen molar-refractivity contribution in [1.29, 1.82) is 0 Å². The molecule has 0 spiro atoms. The average Bonchev–Trinajstić information content (AvgIpc) is 3.11. The van der Waals surface area contributed by atoms with Gasteiger partial charge in [-0.2, -0.15) is 0 Å². The minimum Gasteiger partial charge on any atom is -0.358 e. The molecule has 140 valence electrons. The summed E-state index contributed by atoms with van der Waals surface area (Å²) >= 11 is 0. The topological polar surface area (TPSA) is 81.3 Å². The Labute approximate surface area is 158 Å². The van der Waals surface area contributed by atoms with E-state index in [1.165, 1.54) is 0 Å². The van der Waals surface area contributed by atoms with E-state index >= 15 is 0 Å². The molecule has 1 saturated heterocycles. The summed E-state index contributed by atoms with van der Waals surface area (Å²) in [4.78, 5) is 37.0. The first-order chi connectivity index (χ1) is 13.0. The smallest absolute Gasteiger partial charge is 0.257 e. The van der Waals surface area contributed by atoms with Crippen molar-refractivity contribution in [1.82, 2.24) is 19.8 Å². The van der Waals surface area contributed by atoms with Crippen LogP contribution in [-0.4, -0.2) is 64.8 Å². The van der Waals surface area contributed by atoms with Gasteiger partial charge in [-0.1, -0.05) is 0 Å². The van der Waals surface area contributed by atoms with Gasteiger partial charge in [0.2, 0.25) is 0 Å². The molecule has 2 aliphatic heterocycles. The van der Waals surface area contributed by atoms with Crippen molar-refractivity contribution in [2.24, 2.45) is 0 Å². The number of aromatic nitrogens is 2. The van der Waals surface area contributed by atoms with Gasteiger partial charge in [0.25, 0.3) is 11.8 Å². The Balaban J connectivity index is 1.68. The lowest BCUT2D eigenvalue weighted by Crippen LogP contribution is -2.47. The van der Waals surface area contributed by atoms with Crippen molar-refractivity contribution >= 4 is 29.3 Å². The first-order valence-corrected chi connectivity index (χ1v) is 9.11. The van der Waals surface area contributed by atoms with Gasteiger partial charge in [-0.3, -0.25) is 9.59 Å². The second kappa shape index (κ2) is 6.66. The van der Waals surface area contributed by atoms with Crippen LogP contribution in [0.15, 0.2) is 18.3 Å². The van der Waals surface area contributed by atoms with Gasteiger partial charge in [-0.25, -0.2) is 4.98 Å². The van der Waals surface area contributed by atoms with E-state index in [9.17, 15) is 9.59 Å². The van der Waals surface area contributed by atoms with Crippen molar-refractivity contribution in [2.45, 2.75) is 13.8 Å². The highest BCUT2D eigenvalue weighted by Gasteiger charge is 2.28. The highest BCUT2D eigenvalue weighted by Crippen LogP contribution is 2.32. The molecule has 0 bridgehead atoms. The van der Waals surface area contributed by atoms with Crippen molar-refractivity contribution in [3.8, 4) is 0 Å². The number of hydrogen-bond acceptors (Lipinski definition) is 4. The first-order valence-electron chi connectivity index (χ1n) is 9.11. The van der Waals surface area contributed by atoms with Crippen molar-refractivity contribution in [3.63, 3.8) is 0 Å². The zero-order valence-electron chi connectivity index (χ0n) is 15.8. The van der Waals surface area contributed by atoms with E-state index in [0.29, 0.717) is 17.0 Å². The maximum Gasteiger partial charge on any atom is 0.257 e. The third-order valence-electron chi connectivity index (χ3n) is 5.34. The van der Waals surface area contributed by atoms with Crippen LogP contribution in [0.2, 0.25) is 0 Å². The number of fused-ring (bicyclic) bond motifs is 1. The molecule has 2 aliphatic rings. The molecule has 4 rings (SSSR count). The summed E-state index contributed by atoms with van der Waals surface area (Å²) in [5, 5.41) is 2.78. The summed E-state index contributed by atoms with van der Waals surface area (Å²) in [6.07, 6.45) is 3.46. The summed E-state index contributed by atoms with van der Waals surface area (Å²) < 4.78 is 0. The van der Waals surface area contributed by atoms with E-state index < -0.39 is 0 Å². The summed E-state index contributed by atoms with van der Waals surface area (Å²) in [6, 6.07) is 3.68. The zero-order chi connectivity index (χ0) is 19.1. The van der Waals surface area contributed by atoms with Crippen molar-refractivity contribution in [2.75, 3.05) is 38.5 Å². The number of pyridine rings is 1. The first kappa shape index (κ1) is 17.5. The highest BCUT2D eigenvalue weighted by atomic mass is 16.2. The van der Waals surface area contributed by atoms with E-state index in [1.54, 1.807) is 6.20 Å². The molecule has 2 aromatic rings. The molecule has 0 aromatic carbocycles. The van der Waals surface area contributed by atoms with Crippen LogP contribution in [0.25, 0.3) is 11.6 Å². The third-order valence-corrected chi connectivity index (χ3v) is 5.34. The number of aromatic amines is 1. The van der Waals surface area contributed by atoms with Crippen LogP contribution < -0.4 is 5.32 Å². The minimum absolute atomic E-state index is 0.0527. The van der Waals surface area contributed by atoms with Gasteiger partial charge in [0, 0.05) is 49.3 Å². The monoisotopic (exact) mass is 365 g/mol. The maximum atomic E-state index is 13.0. The van der Waals surface area contributed by atoms with Crippen LogP contribution >= 0.6 is 0 Å². The Morgan fingerprint density at radius 1 is 1.22 bits per heavy atom. The molecule has 0 atom stereocenters.